The van der Waals surface area contributed by atoms with Crippen LogP contribution in [0.3, 0.4) is 0 Å². The third-order valence-electron chi connectivity index (χ3n) is 5.70. The summed E-state index contributed by atoms with van der Waals surface area (Å²) < 4.78 is 67.7. The van der Waals surface area contributed by atoms with Crippen LogP contribution in [0.25, 0.3) is 11.2 Å². The van der Waals surface area contributed by atoms with Crippen molar-refractivity contribution in [2.45, 2.75) is 43.8 Å². The van der Waals surface area contributed by atoms with E-state index in [0.29, 0.717) is 35.9 Å². The quantitative estimate of drug-likeness (QED) is 0.594. The Bertz CT molecular complexity index is 1180. The van der Waals surface area contributed by atoms with Crippen molar-refractivity contribution in [3.63, 3.8) is 0 Å². The van der Waals surface area contributed by atoms with E-state index in [-0.39, 0.29) is 12.6 Å². The van der Waals surface area contributed by atoms with Crippen LogP contribution in [0.4, 0.5) is 24.8 Å². The maximum atomic E-state index is 12.8. The molecule has 12 heteroatoms. The van der Waals surface area contributed by atoms with Gasteiger partial charge in [-0.15, -0.1) is 0 Å². The number of ether oxygens (including phenoxy) is 2. The van der Waals surface area contributed by atoms with Crippen LogP contribution >= 0.6 is 0 Å². The number of pyridine rings is 1. The molecule has 1 N–H and O–H groups in total. The standard InChI is InChI=1S/C21H24F3N7O2/c1-32-10-15-3-5-17(33-15)31-12-28-18-19(26-11-27-20(18)31)29-14-6-7-30(9-14)16-4-2-13(8-25-16)21(22,23)24/h2,4,8,11-12,14-15,17H,3,5-7,9-10H2,1H3,(H,26,27,29)/t14-,15+,17+/m0/s1/i3D,5D/t3-,5-,14+,15-,17-/m1. The molecule has 0 spiro atoms. The molecule has 2 aliphatic rings. The Morgan fingerprint density at radius 3 is 2.88 bits per heavy atom. The van der Waals surface area contributed by atoms with Crippen molar-refractivity contribution in [1.82, 2.24) is 24.5 Å². The third kappa shape index (κ3) is 4.44. The van der Waals surface area contributed by atoms with E-state index in [4.69, 9.17) is 12.2 Å². The molecule has 0 saturated carbocycles. The SMILES string of the molecule is [2H][C@@H]1[C@@H]([2H])[C@H](n2cnc3c(N[C@H]4CCN(c5ccc(C(F)(F)F)cn5)C4)ncnc32)O[C@H]1COC. The highest BCUT2D eigenvalue weighted by Crippen LogP contribution is 2.32. The minimum Gasteiger partial charge on any atom is -0.382 e. The number of nitrogens with zero attached hydrogens (tertiary/aromatic N) is 6. The molecular formula is C21H24F3N7O2. The topological polar surface area (TPSA) is 90.2 Å². The highest BCUT2D eigenvalue weighted by Gasteiger charge is 2.32. The van der Waals surface area contributed by atoms with Gasteiger partial charge in [0.05, 0.1) is 24.6 Å². The Morgan fingerprint density at radius 2 is 2.12 bits per heavy atom. The first-order chi connectivity index (χ1) is 16.8. The van der Waals surface area contributed by atoms with Crippen LogP contribution in [-0.2, 0) is 15.7 Å². The third-order valence-corrected chi connectivity index (χ3v) is 5.70. The van der Waals surface area contributed by atoms with Crippen LogP contribution in [-0.4, -0.2) is 63.5 Å². The van der Waals surface area contributed by atoms with Gasteiger partial charge in [-0.2, -0.15) is 13.2 Å². The minimum atomic E-state index is -4.42. The normalized spacial score (nSPS) is 28.8. The maximum Gasteiger partial charge on any atom is 0.417 e. The lowest BCUT2D eigenvalue weighted by molar-refractivity contribution is -0.137. The molecule has 0 unspecified atom stereocenters. The molecule has 2 aliphatic heterocycles. The number of hydrogen-bond acceptors (Lipinski definition) is 8. The number of methoxy groups -OCH3 is 1. The highest BCUT2D eigenvalue weighted by atomic mass is 19.4. The van der Waals surface area contributed by atoms with Crippen LogP contribution in [0.1, 0.15) is 33.7 Å². The number of alkyl halides is 3. The van der Waals surface area contributed by atoms with Gasteiger partial charge in [0.25, 0.3) is 0 Å². The molecule has 3 aromatic heterocycles. The van der Waals surface area contributed by atoms with Gasteiger partial charge in [0, 0.05) is 35.2 Å². The van der Waals surface area contributed by atoms with E-state index in [9.17, 15) is 13.2 Å². The summed E-state index contributed by atoms with van der Waals surface area (Å²) in [4.78, 5) is 19.0. The van der Waals surface area contributed by atoms with Crippen molar-refractivity contribution in [2.24, 2.45) is 0 Å². The van der Waals surface area contributed by atoms with Crippen LogP contribution in [0.5, 0.6) is 0 Å². The van der Waals surface area contributed by atoms with Crippen LogP contribution in [0, 0.1) is 0 Å². The number of halogens is 3. The molecule has 5 atom stereocenters. The predicted molar refractivity (Wildman–Crippen MR) is 114 cm³/mol. The maximum absolute atomic E-state index is 12.8. The summed E-state index contributed by atoms with van der Waals surface area (Å²) in [6.07, 6.45) is -2.76. The van der Waals surface area contributed by atoms with Gasteiger partial charge in [0.1, 0.15) is 18.4 Å². The Balaban J connectivity index is 1.30. The van der Waals surface area contributed by atoms with Crippen molar-refractivity contribution in [2.75, 3.05) is 37.0 Å². The van der Waals surface area contributed by atoms with Crippen LogP contribution < -0.4 is 10.2 Å². The molecular weight excluding hydrogens is 439 g/mol. The Labute approximate surface area is 190 Å². The Kier molecular flexibility index (Phi) is 5.16. The Hall–Kier alpha value is -2.99. The summed E-state index contributed by atoms with van der Waals surface area (Å²) in [5, 5.41) is 3.35. The van der Waals surface area contributed by atoms with Gasteiger partial charge in [-0.05, 0) is 31.3 Å². The lowest BCUT2D eigenvalue weighted by Gasteiger charge is -2.19. The number of aromatic nitrogens is 5. The van der Waals surface area contributed by atoms with Crippen molar-refractivity contribution in [1.29, 1.82) is 0 Å². The van der Waals surface area contributed by atoms with Gasteiger partial charge in [-0.1, -0.05) is 0 Å². The second-order valence-corrected chi connectivity index (χ2v) is 7.93. The van der Waals surface area contributed by atoms with E-state index in [1.807, 2.05) is 4.90 Å². The minimum absolute atomic E-state index is 0.0299. The van der Waals surface area contributed by atoms with Gasteiger partial charge >= 0.3 is 6.18 Å². The summed E-state index contributed by atoms with van der Waals surface area (Å²) in [5.74, 6) is 0.992. The zero-order valence-corrected chi connectivity index (χ0v) is 17.7. The monoisotopic (exact) mass is 465 g/mol. The first-order valence-electron chi connectivity index (χ1n) is 11.6. The molecule has 2 fully saturated rings. The van der Waals surface area contributed by atoms with E-state index >= 15 is 0 Å². The number of rotatable bonds is 6. The van der Waals surface area contributed by atoms with Crippen molar-refractivity contribution >= 4 is 22.8 Å². The largest absolute Gasteiger partial charge is 0.417 e. The van der Waals surface area contributed by atoms with Gasteiger partial charge < -0.3 is 19.7 Å². The number of nitrogens with one attached hydrogen (secondary N) is 1. The van der Waals surface area contributed by atoms with Crippen LogP contribution in [0.15, 0.2) is 31.0 Å². The molecule has 0 radical (unpaired) electrons. The second-order valence-electron chi connectivity index (χ2n) is 7.93. The Morgan fingerprint density at radius 1 is 1.24 bits per heavy atom. The fourth-order valence-corrected chi connectivity index (χ4v) is 4.07. The smallest absolute Gasteiger partial charge is 0.382 e. The molecule has 5 rings (SSSR count). The second kappa shape index (κ2) is 8.75. The summed E-state index contributed by atoms with van der Waals surface area (Å²) in [5.41, 5.74) is 0.209. The molecule has 3 aromatic rings. The van der Waals surface area contributed by atoms with E-state index < -0.39 is 36.9 Å². The summed E-state index contributed by atoms with van der Waals surface area (Å²) in [6, 6.07) is 2.38. The van der Waals surface area contributed by atoms with Gasteiger partial charge in [-0.25, -0.2) is 19.9 Å². The molecule has 0 aliphatic carbocycles. The lowest BCUT2D eigenvalue weighted by Crippen LogP contribution is -2.27. The van der Waals surface area contributed by atoms with Gasteiger partial charge in [0.2, 0.25) is 0 Å². The molecule has 176 valence electrons. The molecule has 2 saturated heterocycles. The summed E-state index contributed by atoms with van der Waals surface area (Å²) in [6.45, 7) is 1.38. The number of hydrogen-bond donors (Lipinski definition) is 1. The van der Waals surface area contributed by atoms with E-state index in [1.165, 1.54) is 25.8 Å². The average molecular weight is 465 g/mol. The molecule has 0 amide bonds. The number of imidazole rings is 1. The zero-order valence-electron chi connectivity index (χ0n) is 19.7. The van der Waals surface area contributed by atoms with Gasteiger partial charge in [0.15, 0.2) is 17.0 Å². The molecule has 0 aromatic carbocycles. The fraction of sp³-hybridized carbons (Fsp3) is 0.524. The number of fused-ring (bicyclic) bond motifs is 1. The van der Waals surface area contributed by atoms with Gasteiger partial charge in [-0.3, -0.25) is 4.57 Å². The average Bonchev–Trinajstić information content (AvgIpc) is 3.54. The molecule has 0 bridgehead atoms. The molecule has 5 heterocycles. The number of anilines is 2. The van der Waals surface area contributed by atoms with Crippen molar-refractivity contribution < 1.29 is 25.4 Å². The van der Waals surface area contributed by atoms with E-state index in [1.54, 1.807) is 4.57 Å². The molecule has 33 heavy (non-hydrogen) atoms. The van der Waals surface area contributed by atoms with Crippen molar-refractivity contribution in [3.05, 3.63) is 36.5 Å². The van der Waals surface area contributed by atoms with Crippen molar-refractivity contribution in [3.8, 4) is 0 Å². The molecule has 9 nitrogen and oxygen atoms in total. The van der Waals surface area contributed by atoms with Crippen LogP contribution in [0.2, 0.25) is 0 Å². The zero-order chi connectivity index (χ0) is 24.7. The lowest BCUT2D eigenvalue weighted by atomic mass is 10.2. The summed E-state index contributed by atoms with van der Waals surface area (Å²) in [7, 11) is 1.53. The first-order valence-corrected chi connectivity index (χ1v) is 10.5. The first kappa shape index (κ1) is 19.5. The van der Waals surface area contributed by atoms with E-state index in [0.717, 1.165) is 18.7 Å². The van der Waals surface area contributed by atoms with E-state index in [2.05, 4.69) is 25.3 Å². The predicted octanol–water partition coefficient (Wildman–Crippen LogP) is 3.25. The highest BCUT2D eigenvalue weighted by molar-refractivity contribution is 5.82. The summed E-state index contributed by atoms with van der Waals surface area (Å²) >= 11 is 0. The fourth-order valence-electron chi connectivity index (χ4n) is 4.07.